The van der Waals surface area contributed by atoms with Crippen molar-refractivity contribution in [1.82, 2.24) is 4.90 Å². The van der Waals surface area contributed by atoms with Gasteiger partial charge < -0.3 is 24.8 Å². The summed E-state index contributed by atoms with van der Waals surface area (Å²) in [5.41, 5.74) is 2.53. The van der Waals surface area contributed by atoms with Crippen molar-refractivity contribution in [1.29, 1.82) is 0 Å². The van der Waals surface area contributed by atoms with Crippen LogP contribution in [0.25, 0.3) is 0 Å². The zero-order chi connectivity index (χ0) is 23.0. The van der Waals surface area contributed by atoms with Gasteiger partial charge in [0.2, 0.25) is 11.7 Å². The zero-order valence-electron chi connectivity index (χ0n) is 19.0. The number of anilines is 2. The first-order chi connectivity index (χ1) is 14.9. The van der Waals surface area contributed by atoms with E-state index in [9.17, 15) is 9.59 Å². The van der Waals surface area contributed by atoms with Crippen molar-refractivity contribution in [2.24, 2.45) is 0 Å². The van der Waals surface area contributed by atoms with Crippen molar-refractivity contribution in [2.45, 2.75) is 20.8 Å². The normalized spacial score (nSPS) is 10.5. The molecule has 168 valence electrons. The second kappa shape index (κ2) is 11.2. The van der Waals surface area contributed by atoms with Gasteiger partial charge in [0.15, 0.2) is 11.5 Å². The van der Waals surface area contributed by atoms with Crippen molar-refractivity contribution in [3.05, 3.63) is 41.5 Å². The Labute approximate surface area is 183 Å². The highest BCUT2D eigenvalue weighted by molar-refractivity contribution is 6.05. The lowest BCUT2D eigenvalue weighted by molar-refractivity contribution is -0.117. The number of aryl methyl sites for hydroxylation is 1. The van der Waals surface area contributed by atoms with E-state index in [1.54, 1.807) is 24.3 Å². The largest absolute Gasteiger partial charge is 0.493 e. The molecule has 2 aromatic rings. The molecule has 0 fully saturated rings. The number of benzene rings is 2. The molecule has 2 aromatic carbocycles. The number of carbonyl (C=O) groups is 2. The second-order valence-corrected chi connectivity index (χ2v) is 6.91. The number of hydrogen-bond donors (Lipinski definition) is 2. The molecule has 8 heteroatoms. The first-order valence-electron chi connectivity index (χ1n) is 10.1. The van der Waals surface area contributed by atoms with Crippen LogP contribution in [0.5, 0.6) is 17.2 Å². The smallest absolute Gasteiger partial charge is 0.255 e. The molecule has 0 aliphatic carbocycles. The van der Waals surface area contributed by atoms with Crippen LogP contribution in [0.3, 0.4) is 0 Å². The number of amides is 2. The SMILES string of the molecule is CCN(CC)CC(=O)Nc1ccc(NC(=O)c2cc(OC)c(OC)c(OC)c2)cc1C. The average Bonchev–Trinajstić information content (AvgIpc) is 2.77. The van der Waals surface area contributed by atoms with Crippen LogP contribution in [-0.4, -0.2) is 57.7 Å². The number of hydrogen-bond acceptors (Lipinski definition) is 6. The Morgan fingerprint density at radius 3 is 2.00 bits per heavy atom. The Hall–Kier alpha value is -3.26. The quantitative estimate of drug-likeness (QED) is 0.600. The molecule has 0 bridgehead atoms. The Morgan fingerprint density at radius 1 is 0.903 bits per heavy atom. The Kier molecular flexibility index (Phi) is 8.69. The number of rotatable bonds is 10. The fourth-order valence-corrected chi connectivity index (χ4v) is 3.14. The van der Waals surface area contributed by atoms with E-state index in [0.717, 1.165) is 18.7 Å². The number of nitrogens with zero attached hydrogens (tertiary/aromatic N) is 1. The third-order valence-corrected chi connectivity index (χ3v) is 4.95. The summed E-state index contributed by atoms with van der Waals surface area (Å²) in [6.07, 6.45) is 0. The molecular weight excluding hydrogens is 398 g/mol. The Balaban J connectivity index is 2.14. The van der Waals surface area contributed by atoms with E-state index in [0.29, 0.717) is 40.7 Å². The topological polar surface area (TPSA) is 89.1 Å². The van der Waals surface area contributed by atoms with Gasteiger partial charge in [0.25, 0.3) is 5.91 Å². The van der Waals surface area contributed by atoms with Crippen LogP contribution in [0.2, 0.25) is 0 Å². The minimum atomic E-state index is -0.322. The molecule has 0 radical (unpaired) electrons. The Morgan fingerprint density at radius 2 is 1.52 bits per heavy atom. The number of ether oxygens (including phenoxy) is 3. The van der Waals surface area contributed by atoms with E-state index in [4.69, 9.17) is 14.2 Å². The summed E-state index contributed by atoms with van der Waals surface area (Å²) < 4.78 is 15.9. The third-order valence-electron chi connectivity index (χ3n) is 4.95. The fraction of sp³-hybridized carbons (Fsp3) is 0.391. The van der Waals surface area contributed by atoms with Crippen molar-refractivity contribution in [3.8, 4) is 17.2 Å². The van der Waals surface area contributed by atoms with E-state index < -0.39 is 0 Å². The molecule has 0 aromatic heterocycles. The molecule has 0 spiro atoms. The van der Waals surface area contributed by atoms with E-state index in [1.165, 1.54) is 21.3 Å². The minimum Gasteiger partial charge on any atom is -0.493 e. The van der Waals surface area contributed by atoms with Gasteiger partial charge in [-0.05, 0) is 55.9 Å². The summed E-state index contributed by atoms with van der Waals surface area (Å²) in [6, 6.07) is 8.51. The molecule has 0 heterocycles. The maximum Gasteiger partial charge on any atom is 0.255 e. The predicted molar refractivity (Wildman–Crippen MR) is 122 cm³/mol. The highest BCUT2D eigenvalue weighted by atomic mass is 16.5. The van der Waals surface area contributed by atoms with Crippen molar-refractivity contribution in [2.75, 3.05) is 51.6 Å². The van der Waals surface area contributed by atoms with Crippen LogP contribution in [-0.2, 0) is 4.79 Å². The average molecular weight is 430 g/mol. The van der Waals surface area contributed by atoms with Crippen LogP contribution < -0.4 is 24.8 Å². The van der Waals surface area contributed by atoms with E-state index in [1.807, 2.05) is 31.7 Å². The van der Waals surface area contributed by atoms with Crippen molar-refractivity contribution >= 4 is 23.2 Å². The van der Waals surface area contributed by atoms with E-state index >= 15 is 0 Å². The summed E-state index contributed by atoms with van der Waals surface area (Å²) in [5.74, 6) is 0.823. The summed E-state index contributed by atoms with van der Waals surface area (Å²) in [5, 5.41) is 5.78. The van der Waals surface area contributed by atoms with Crippen LogP contribution >= 0.6 is 0 Å². The molecule has 0 atom stereocenters. The first-order valence-corrected chi connectivity index (χ1v) is 10.1. The Bertz CT molecular complexity index is 900. The fourth-order valence-electron chi connectivity index (χ4n) is 3.14. The van der Waals surface area contributed by atoms with Crippen LogP contribution in [0, 0.1) is 6.92 Å². The third kappa shape index (κ3) is 6.11. The molecule has 0 aliphatic heterocycles. The predicted octanol–water partition coefficient (Wildman–Crippen LogP) is 3.55. The molecule has 0 saturated heterocycles. The van der Waals surface area contributed by atoms with E-state index in [2.05, 4.69) is 10.6 Å². The number of nitrogens with one attached hydrogen (secondary N) is 2. The number of methoxy groups -OCH3 is 3. The van der Waals surface area contributed by atoms with Crippen molar-refractivity contribution in [3.63, 3.8) is 0 Å². The zero-order valence-corrected chi connectivity index (χ0v) is 19.0. The van der Waals surface area contributed by atoms with Gasteiger partial charge in [-0.3, -0.25) is 14.5 Å². The maximum atomic E-state index is 12.8. The lowest BCUT2D eigenvalue weighted by Crippen LogP contribution is -2.33. The minimum absolute atomic E-state index is 0.0685. The van der Waals surface area contributed by atoms with Crippen LogP contribution in [0.15, 0.2) is 30.3 Å². The molecule has 0 aliphatic rings. The standard InChI is InChI=1S/C23H31N3O5/c1-7-26(8-2)14-21(27)25-18-10-9-17(11-15(18)3)24-23(28)16-12-19(29-4)22(31-6)20(13-16)30-5/h9-13H,7-8,14H2,1-6H3,(H,24,28)(H,25,27). The first kappa shape index (κ1) is 24.0. The molecule has 31 heavy (non-hydrogen) atoms. The summed E-state index contributed by atoms with van der Waals surface area (Å²) in [7, 11) is 4.50. The highest BCUT2D eigenvalue weighted by Gasteiger charge is 2.17. The molecule has 0 unspecified atom stereocenters. The van der Waals surface area contributed by atoms with Gasteiger partial charge in [-0.2, -0.15) is 0 Å². The van der Waals surface area contributed by atoms with Gasteiger partial charge in [-0.1, -0.05) is 13.8 Å². The number of likely N-dealkylation sites (N-methyl/N-ethyl adjacent to an activating group) is 1. The van der Waals surface area contributed by atoms with Crippen LogP contribution in [0.1, 0.15) is 29.8 Å². The molecule has 2 rings (SSSR count). The van der Waals surface area contributed by atoms with Crippen LogP contribution in [0.4, 0.5) is 11.4 Å². The van der Waals surface area contributed by atoms with Crippen molar-refractivity contribution < 1.29 is 23.8 Å². The molecule has 8 nitrogen and oxygen atoms in total. The number of carbonyl (C=O) groups excluding carboxylic acids is 2. The maximum absolute atomic E-state index is 12.8. The van der Waals surface area contributed by atoms with Gasteiger partial charge >= 0.3 is 0 Å². The monoisotopic (exact) mass is 429 g/mol. The van der Waals surface area contributed by atoms with Gasteiger partial charge in [0.1, 0.15) is 0 Å². The van der Waals surface area contributed by atoms with E-state index in [-0.39, 0.29) is 11.8 Å². The molecule has 2 amide bonds. The summed E-state index contributed by atoms with van der Waals surface area (Å²) >= 11 is 0. The lowest BCUT2D eigenvalue weighted by Gasteiger charge is -2.18. The van der Waals surface area contributed by atoms with Gasteiger partial charge in [0.05, 0.1) is 27.9 Å². The summed E-state index contributed by atoms with van der Waals surface area (Å²) in [6.45, 7) is 7.89. The molecule has 2 N–H and O–H groups in total. The second-order valence-electron chi connectivity index (χ2n) is 6.91. The summed E-state index contributed by atoms with van der Waals surface area (Å²) in [4.78, 5) is 27.1. The van der Waals surface area contributed by atoms with Gasteiger partial charge in [0, 0.05) is 16.9 Å². The molecule has 0 saturated carbocycles. The highest BCUT2D eigenvalue weighted by Crippen LogP contribution is 2.38. The lowest BCUT2D eigenvalue weighted by atomic mass is 10.1. The van der Waals surface area contributed by atoms with Gasteiger partial charge in [-0.25, -0.2) is 0 Å². The molecular formula is C23H31N3O5. The van der Waals surface area contributed by atoms with Gasteiger partial charge in [-0.15, -0.1) is 0 Å².